The number of hydrazone groups is 1. The van der Waals surface area contributed by atoms with E-state index in [0.717, 1.165) is 22.4 Å². The summed E-state index contributed by atoms with van der Waals surface area (Å²) < 4.78 is 16.3. The summed E-state index contributed by atoms with van der Waals surface area (Å²) >= 11 is 0. The van der Waals surface area contributed by atoms with Crippen LogP contribution in [0.5, 0.6) is 17.2 Å². The van der Waals surface area contributed by atoms with Crippen LogP contribution in [0.4, 0.5) is 5.69 Å². The number of benzene rings is 3. The molecular formula is C25H25N3O6. The number of aryl methyl sites for hydroxylation is 1. The van der Waals surface area contributed by atoms with Gasteiger partial charge in [0.25, 0.3) is 5.69 Å². The molecule has 0 atom stereocenters. The van der Waals surface area contributed by atoms with Crippen molar-refractivity contribution in [2.45, 2.75) is 20.0 Å². The highest BCUT2D eigenvalue weighted by atomic mass is 16.6. The Bertz CT molecular complexity index is 1190. The Morgan fingerprint density at radius 2 is 1.76 bits per heavy atom. The number of nitrogens with zero attached hydrogens (tertiary/aromatic N) is 2. The van der Waals surface area contributed by atoms with Crippen molar-refractivity contribution in [1.29, 1.82) is 0 Å². The van der Waals surface area contributed by atoms with Crippen molar-refractivity contribution in [3.63, 3.8) is 0 Å². The van der Waals surface area contributed by atoms with Crippen LogP contribution in [-0.4, -0.2) is 31.3 Å². The molecule has 9 heteroatoms. The van der Waals surface area contributed by atoms with E-state index in [1.165, 1.54) is 12.3 Å². The number of nitrogens with one attached hydrogen (secondary N) is 1. The Hall–Kier alpha value is -4.40. The first-order chi connectivity index (χ1) is 16.4. The van der Waals surface area contributed by atoms with Crippen molar-refractivity contribution in [2.75, 3.05) is 14.2 Å². The molecule has 9 nitrogen and oxygen atoms in total. The number of rotatable bonds is 10. The Morgan fingerprint density at radius 1 is 1.03 bits per heavy atom. The monoisotopic (exact) mass is 463 g/mol. The van der Waals surface area contributed by atoms with E-state index in [-0.39, 0.29) is 24.6 Å². The van der Waals surface area contributed by atoms with Crippen LogP contribution in [-0.2, 0) is 17.8 Å². The lowest BCUT2D eigenvalue weighted by Gasteiger charge is -2.11. The molecule has 0 aliphatic carbocycles. The van der Waals surface area contributed by atoms with E-state index in [1.54, 1.807) is 57.5 Å². The summed E-state index contributed by atoms with van der Waals surface area (Å²) in [6.45, 7) is 1.84. The summed E-state index contributed by atoms with van der Waals surface area (Å²) in [6, 6.07) is 17.2. The van der Waals surface area contributed by atoms with Crippen LogP contribution in [0.3, 0.4) is 0 Å². The predicted octanol–water partition coefficient (Wildman–Crippen LogP) is 4.19. The Kier molecular flexibility index (Phi) is 8.17. The SMILES string of the molecule is COc1ccc(CC(=O)N/N=C\c2ccc(OC)c(COc3ccc([N+](=O)[O-])c(C)c3)c2)cc1. The molecule has 0 aliphatic rings. The number of ether oxygens (including phenoxy) is 3. The van der Waals surface area contributed by atoms with Gasteiger partial charge in [0.1, 0.15) is 23.9 Å². The molecule has 0 aromatic heterocycles. The van der Waals surface area contributed by atoms with Crippen molar-refractivity contribution in [1.82, 2.24) is 5.43 Å². The molecule has 176 valence electrons. The van der Waals surface area contributed by atoms with Gasteiger partial charge in [-0.1, -0.05) is 12.1 Å². The Balaban J connectivity index is 1.61. The van der Waals surface area contributed by atoms with Gasteiger partial charge < -0.3 is 14.2 Å². The normalized spacial score (nSPS) is 10.7. The topological polar surface area (TPSA) is 112 Å². The number of nitro benzene ring substituents is 1. The van der Waals surface area contributed by atoms with Crippen molar-refractivity contribution in [2.24, 2.45) is 5.10 Å². The zero-order valence-corrected chi connectivity index (χ0v) is 19.1. The summed E-state index contributed by atoms with van der Waals surface area (Å²) in [4.78, 5) is 22.7. The van der Waals surface area contributed by atoms with Gasteiger partial charge in [0.05, 0.1) is 31.8 Å². The predicted molar refractivity (Wildman–Crippen MR) is 128 cm³/mol. The molecule has 1 amide bonds. The van der Waals surface area contributed by atoms with E-state index in [1.807, 2.05) is 18.2 Å². The summed E-state index contributed by atoms with van der Waals surface area (Å²) in [5.41, 5.74) is 5.41. The molecule has 0 radical (unpaired) electrons. The van der Waals surface area contributed by atoms with Crippen LogP contribution in [0.25, 0.3) is 0 Å². The maximum absolute atomic E-state index is 12.1. The van der Waals surface area contributed by atoms with E-state index >= 15 is 0 Å². The molecule has 3 rings (SSSR count). The number of carbonyl (C=O) groups excluding carboxylic acids is 1. The van der Waals surface area contributed by atoms with Gasteiger partial charge in [0.15, 0.2) is 0 Å². The van der Waals surface area contributed by atoms with Crippen LogP contribution in [0.15, 0.2) is 65.8 Å². The first-order valence-corrected chi connectivity index (χ1v) is 10.4. The van der Waals surface area contributed by atoms with Gasteiger partial charge >= 0.3 is 0 Å². The van der Waals surface area contributed by atoms with Gasteiger partial charge in [-0.05, 0) is 60.5 Å². The lowest BCUT2D eigenvalue weighted by Crippen LogP contribution is -2.19. The average molecular weight is 463 g/mol. The molecule has 0 unspecified atom stereocenters. The van der Waals surface area contributed by atoms with Gasteiger partial charge in [-0.2, -0.15) is 5.10 Å². The summed E-state index contributed by atoms with van der Waals surface area (Å²) in [5.74, 6) is 1.62. The second-order valence-electron chi connectivity index (χ2n) is 7.38. The third-order valence-electron chi connectivity index (χ3n) is 4.99. The lowest BCUT2D eigenvalue weighted by atomic mass is 10.1. The van der Waals surface area contributed by atoms with E-state index in [2.05, 4.69) is 10.5 Å². The second kappa shape index (κ2) is 11.5. The van der Waals surface area contributed by atoms with Crippen molar-refractivity contribution < 1.29 is 23.9 Å². The zero-order valence-electron chi connectivity index (χ0n) is 19.1. The highest BCUT2D eigenvalue weighted by Gasteiger charge is 2.12. The molecule has 0 aliphatic heterocycles. The molecular weight excluding hydrogens is 438 g/mol. The van der Waals surface area contributed by atoms with E-state index in [4.69, 9.17) is 14.2 Å². The van der Waals surface area contributed by atoms with Crippen LogP contribution >= 0.6 is 0 Å². The van der Waals surface area contributed by atoms with E-state index < -0.39 is 4.92 Å². The lowest BCUT2D eigenvalue weighted by molar-refractivity contribution is -0.385. The van der Waals surface area contributed by atoms with Crippen LogP contribution < -0.4 is 19.6 Å². The zero-order chi connectivity index (χ0) is 24.5. The van der Waals surface area contributed by atoms with Gasteiger partial charge in [-0.25, -0.2) is 5.43 Å². The molecule has 0 bridgehead atoms. The van der Waals surface area contributed by atoms with Gasteiger partial charge in [-0.15, -0.1) is 0 Å². The highest BCUT2D eigenvalue weighted by molar-refractivity contribution is 5.83. The first-order valence-electron chi connectivity index (χ1n) is 10.4. The van der Waals surface area contributed by atoms with E-state index in [9.17, 15) is 14.9 Å². The minimum Gasteiger partial charge on any atom is -0.497 e. The summed E-state index contributed by atoms with van der Waals surface area (Å²) in [5, 5.41) is 15.0. The minimum atomic E-state index is -0.430. The smallest absolute Gasteiger partial charge is 0.272 e. The maximum Gasteiger partial charge on any atom is 0.272 e. The second-order valence-corrected chi connectivity index (χ2v) is 7.38. The molecule has 3 aromatic rings. The fraction of sp³-hybridized carbons (Fsp3) is 0.200. The molecule has 1 N–H and O–H groups in total. The average Bonchev–Trinajstić information content (AvgIpc) is 2.83. The molecule has 0 heterocycles. The molecule has 34 heavy (non-hydrogen) atoms. The summed E-state index contributed by atoms with van der Waals surface area (Å²) in [6.07, 6.45) is 1.72. The van der Waals surface area contributed by atoms with Gasteiger partial charge in [0, 0.05) is 17.2 Å². The number of hydrogen-bond donors (Lipinski definition) is 1. The number of carbonyl (C=O) groups is 1. The Labute approximate surface area is 197 Å². The third-order valence-corrected chi connectivity index (χ3v) is 4.99. The van der Waals surface area contributed by atoms with Gasteiger partial charge in [-0.3, -0.25) is 14.9 Å². The highest BCUT2D eigenvalue weighted by Crippen LogP contribution is 2.26. The van der Waals surface area contributed by atoms with Crippen LogP contribution in [0, 0.1) is 17.0 Å². The van der Waals surface area contributed by atoms with Crippen molar-refractivity contribution >= 4 is 17.8 Å². The third kappa shape index (κ3) is 6.55. The number of hydrogen-bond acceptors (Lipinski definition) is 7. The fourth-order valence-corrected chi connectivity index (χ4v) is 3.22. The number of amides is 1. The quantitative estimate of drug-likeness (QED) is 0.274. The molecule has 0 fully saturated rings. The standard InChI is InChI=1S/C25H25N3O6/c1-17-12-22(9-10-23(17)28(30)31)34-16-20-13-19(6-11-24(20)33-3)15-26-27-25(29)14-18-4-7-21(32-2)8-5-18/h4-13,15H,14,16H2,1-3H3,(H,27,29)/b26-15-. The van der Waals surface area contributed by atoms with Gasteiger partial charge in [0.2, 0.25) is 5.91 Å². The van der Waals surface area contributed by atoms with E-state index in [0.29, 0.717) is 17.1 Å². The number of methoxy groups -OCH3 is 2. The maximum atomic E-state index is 12.1. The number of nitro groups is 1. The molecule has 3 aromatic carbocycles. The van der Waals surface area contributed by atoms with Crippen molar-refractivity contribution in [3.8, 4) is 17.2 Å². The summed E-state index contributed by atoms with van der Waals surface area (Å²) in [7, 11) is 3.14. The largest absolute Gasteiger partial charge is 0.497 e. The Morgan fingerprint density at radius 3 is 2.41 bits per heavy atom. The molecule has 0 saturated carbocycles. The molecule has 0 saturated heterocycles. The minimum absolute atomic E-state index is 0.0391. The van der Waals surface area contributed by atoms with Crippen molar-refractivity contribution in [3.05, 3.63) is 93.0 Å². The van der Waals surface area contributed by atoms with Crippen LogP contribution in [0.1, 0.15) is 22.3 Å². The molecule has 0 spiro atoms. The van der Waals surface area contributed by atoms with Crippen LogP contribution in [0.2, 0.25) is 0 Å². The first kappa shape index (κ1) is 24.2. The fourth-order valence-electron chi connectivity index (χ4n) is 3.22.